The highest BCUT2D eigenvalue weighted by Crippen LogP contribution is 2.25. The van der Waals surface area contributed by atoms with Crippen molar-refractivity contribution in [3.8, 4) is 34.2 Å². The number of benzene rings is 3. The normalized spacial score (nSPS) is 10.7. The maximum absolute atomic E-state index is 5.81. The van der Waals surface area contributed by atoms with E-state index < -0.39 is 0 Å². The molecule has 0 fully saturated rings. The Hall–Kier alpha value is -3.73. The molecular weight excluding hydrogens is 334 g/mol. The van der Waals surface area contributed by atoms with Crippen molar-refractivity contribution in [2.24, 2.45) is 0 Å². The Morgan fingerprint density at radius 3 is 1.11 bits per heavy atom. The molecule has 0 saturated carbocycles. The first-order chi connectivity index (χ1) is 13.1. The van der Waals surface area contributed by atoms with Crippen molar-refractivity contribution in [2.45, 2.75) is 6.92 Å². The maximum atomic E-state index is 5.81. The minimum absolute atomic E-state index is 0.604. The second-order valence-corrected chi connectivity index (χ2v) is 6.42. The predicted octanol–water partition coefficient (Wildman–Crippen LogP) is 4.35. The second kappa shape index (κ2) is 6.88. The highest BCUT2D eigenvalue weighted by Gasteiger charge is 2.12. The van der Waals surface area contributed by atoms with E-state index >= 15 is 0 Å². The fourth-order valence-corrected chi connectivity index (χ4v) is 2.73. The van der Waals surface area contributed by atoms with Crippen molar-refractivity contribution < 1.29 is 0 Å². The van der Waals surface area contributed by atoms with Crippen LogP contribution in [0, 0.1) is 6.92 Å². The van der Waals surface area contributed by atoms with Crippen LogP contribution in [0.25, 0.3) is 34.2 Å². The number of nitrogen functional groups attached to an aromatic ring is 2. The first-order valence-electron chi connectivity index (χ1n) is 8.63. The molecule has 4 rings (SSSR count). The summed E-state index contributed by atoms with van der Waals surface area (Å²) in [4.78, 5) is 14.0. The molecule has 1 heterocycles. The molecule has 0 unspecified atom stereocenters. The van der Waals surface area contributed by atoms with Crippen molar-refractivity contribution in [3.05, 3.63) is 78.4 Å². The molecule has 27 heavy (non-hydrogen) atoms. The van der Waals surface area contributed by atoms with Crippen molar-refractivity contribution >= 4 is 11.4 Å². The van der Waals surface area contributed by atoms with Gasteiger partial charge in [0.25, 0.3) is 0 Å². The number of nitrogens with two attached hydrogens (primary N) is 2. The molecule has 132 valence electrons. The third-order valence-corrected chi connectivity index (χ3v) is 4.28. The van der Waals surface area contributed by atoms with Crippen LogP contribution in [0.1, 0.15) is 5.56 Å². The summed E-state index contributed by atoms with van der Waals surface area (Å²) in [6, 6.07) is 23.1. The highest BCUT2D eigenvalue weighted by molar-refractivity contribution is 5.68. The SMILES string of the molecule is Cc1ccc(-c2nc(-c3ccc(N)cc3)nc(-c3ccc(N)cc3)n2)cc1. The Bertz CT molecular complexity index is 915. The van der Waals surface area contributed by atoms with Crippen LogP contribution in [-0.4, -0.2) is 15.0 Å². The van der Waals surface area contributed by atoms with Gasteiger partial charge in [-0.25, -0.2) is 15.0 Å². The quantitative estimate of drug-likeness (QED) is 0.535. The fraction of sp³-hybridized carbons (Fsp3) is 0.0455. The molecular formula is C22H19N5. The minimum atomic E-state index is 0.604. The number of hydrogen-bond acceptors (Lipinski definition) is 5. The van der Waals surface area contributed by atoms with E-state index in [1.165, 1.54) is 5.56 Å². The molecule has 5 nitrogen and oxygen atoms in total. The van der Waals surface area contributed by atoms with E-state index in [1.807, 2.05) is 72.8 Å². The second-order valence-electron chi connectivity index (χ2n) is 6.42. The van der Waals surface area contributed by atoms with Gasteiger partial charge in [0.1, 0.15) is 0 Å². The average molecular weight is 353 g/mol. The van der Waals surface area contributed by atoms with Crippen LogP contribution < -0.4 is 11.5 Å². The van der Waals surface area contributed by atoms with Gasteiger partial charge in [-0.3, -0.25) is 0 Å². The third-order valence-electron chi connectivity index (χ3n) is 4.28. The van der Waals surface area contributed by atoms with Crippen LogP contribution in [0.15, 0.2) is 72.8 Å². The van der Waals surface area contributed by atoms with Gasteiger partial charge in [-0.15, -0.1) is 0 Å². The first kappa shape index (κ1) is 16.7. The van der Waals surface area contributed by atoms with Gasteiger partial charge in [0, 0.05) is 28.1 Å². The van der Waals surface area contributed by atoms with Crippen molar-refractivity contribution in [1.82, 2.24) is 15.0 Å². The van der Waals surface area contributed by atoms with E-state index in [4.69, 9.17) is 11.5 Å². The largest absolute Gasteiger partial charge is 0.399 e. The summed E-state index contributed by atoms with van der Waals surface area (Å²) in [5, 5.41) is 0. The van der Waals surface area contributed by atoms with Crippen LogP contribution >= 0.6 is 0 Å². The maximum Gasteiger partial charge on any atom is 0.164 e. The topological polar surface area (TPSA) is 90.7 Å². The molecule has 0 saturated heterocycles. The number of aromatic nitrogens is 3. The molecule has 0 spiro atoms. The summed E-state index contributed by atoms with van der Waals surface area (Å²) in [5.41, 5.74) is 16.9. The molecule has 0 atom stereocenters. The number of aryl methyl sites for hydroxylation is 1. The summed E-state index contributed by atoms with van der Waals surface area (Å²) in [6.07, 6.45) is 0. The lowest BCUT2D eigenvalue weighted by molar-refractivity contribution is 1.07. The van der Waals surface area contributed by atoms with E-state index in [-0.39, 0.29) is 0 Å². The van der Waals surface area contributed by atoms with Crippen LogP contribution in [0.4, 0.5) is 11.4 Å². The smallest absolute Gasteiger partial charge is 0.164 e. The summed E-state index contributed by atoms with van der Waals surface area (Å²) in [6.45, 7) is 2.05. The van der Waals surface area contributed by atoms with Gasteiger partial charge in [0.2, 0.25) is 0 Å². The molecule has 0 radical (unpaired) electrons. The Balaban J connectivity index is 1.89. The summed E-state index contributed by atoms with van der Waals surface area (Å²) in [5.74, 6) is 1.84. The van der Waals surface area contributed by atoms with Gasteiger partial charge in [0.15, 0.2) is 17.5 Å². The monoisotopic (exact) mass is 353 g/mol. The lowest BCUT2D eigenvalue weighted by Crippen LogP contribution is -2.00. The van der Waals surface area contributed by atoms with Gasteiger partial charge >= 0.3 is 0 Å². The highest BCUT2D eigenvalue weighted by atomic mass is 15.0. The molecule has 0 aliphatic rings. The lowest BCUT2D eigenvalue weighted by atomic mass is 10.1. The van der Waals surface area contributed by atoms with Gasteiger partial charge in [-0.05, 0) is 55.5 Å². The average Bonchev–Trinajstić information content (AvgIpc) is 2.69. The Kier molecular flexibility index (Phi) is 4.26. The Labute approximate surface area is 157 Å². The molecule has 4 N–H and O–H groups in total. The summed E-state index contributed by atoms with van der Waals surface area (Å²) >= 11 is 0. The van der Waals surface area contributed by atoms with E-state index in [1.54, 1.807) is 0 Å². The Morgan fingerprint density at radius 2 is 0.778 bits per heavy atom. The van der Waals surface area contributed by atoms with Gasteiger partial charge in [0.05, 0.1) is 0 Å². The van der Waals surface area contributed by atoms with E-state index in [9.17, 15) is 0 Å². The van der Waals surface area contributed by atoms with Crippen molar-refractivity contribution in [1.29, 1.82) is 0 Å². The number of anilines is 2. The van der Waals surface area contributed by atoms with Crippen molar-refractivity contribution in [2.75, 3.05) is 11.5 Å². The lowest BCUT2D eigenvalue weighted by Gasteiger charge is -2.09. The summed E-state index contributed by atoms with van der Waals surface area (Å²) in [7, 11) is 0. The number of nitrogens with zero attached hydrogens (tertiary/aromatic N) is 3. The molecule has 0 aliphatic carbocycles. The number of rotatable bonds is 3. The first-order valence-corrected chi connectivity index (χ1v) is 8.63. The zero-order valence-electron chi connectivity index (χ0n) is 14.9. The molecule has 4 aromatic rings. The van der Waals surface area contributed by atoms with Crippen molar-refractivity contribution in [3.63, 3.8) is 0 Å². The van der Waals surface area contributed by atoms with Crippen LogP contribution in [-0.2, 0) is 0 Å². The fourth-order valence-electron chi connectivity index (χ4n) is 2.73. The minimum Gasteiger partial charge on any atom is -0.399 e. The van der Waals surface area contributed by atoms with Gasteiger partial charge < -0.3 is 11.5 Å². The van der Waals surface area contributed by atoms with E-state index in [0.717, 1.165) is 16.7 Å². The zero-order valence-corrected chi connectivity index (χ0v) is 14.9. The van der Waals surface area contributed by atoms with Crippen LogP contribution in [0.2, 0.25) is 0 Å². The van der Waals surface area contributed by atoms with Crippen LogP contribution in [0.3, 0.4) is 0 Å². The molecule has 1 aromatic heterocycles. The number of hydrogen-bond donors (Lipinski definition) is 2. The van der Waals surface area contributed by atoms with Gasteiger partial charge in [-0.2, -0.15) is 0 Å². The van der Waals surface area contributed by atoms with Gasteiger partial charge in [-0.1, -0.05) is 29.8 Å². The molecule has 3 aromatic carbocycles. The van der Waals surface area contributed by atoms with E-state index in [2.05, 4.69) is 21.9 Å². The summed E-state index contributed by atoms with van der Waals surface area (Å²) < 4.78 is 0. The van der Waals surface area contributed by atoms with Crippen LogP contribution in [0.5, 0.6) is 0 Å². The molecule has 0 bridgehead atoms. The molecule has 0 amide bonds. The molecule has 0 aliphatic heterocycles. The van der Waals surface area contributed by atoms with E-state index in [0.29, 0.717) is 28.8 Å². The zero-order chi connectivity index (χ0) is 18.8. The standard InChI is InChI=1S/C22H19N5/c1-14-2-4-15(5-3-14)20-25-21(16-6-10-18(23)11-7-16)27-22(26-20)17-8-12-19(24)13-9-17/h2-13H,23-24H2,1H3. The molecule has 5 heteroatoms. The predicted molar refractivity (Wildman–Crippen MR) is 110 cm³/mol. The third kappa shape index (κ3) is 3.62. The Morgan fingerprint density at radius 1 is 0.481 bits per heavy atom.